The van der Waals surface area contributed by atoms with Crippen LogP contribution in [0.3, 0.4) is 0 Å². The van der Waals surface area contributed by atoms with Gasteiger partial charge in [0.05, 0.1) is 0 Å². The highest BCUT2D eigenvalue weighted by molar-refractivity contribution is 5.94. The first-order chi connectivity index (χ1) is 15.3. The molecule has 0 aliphatic rings. The molecule has 0 bridgehead atoms. The molecular formula is C23H26N4O5. The van der Waals surface area contributed by atoms with Crippen molar-refractivity contribution in [2.75, 3.05) is 6.61 Å². The van der Waals surface area contributed by atoms with E-state index < -0.39 is 12.1 Å². The zero-order valence-electron chi connectivity index (χ0n) is 17.9. The summed E-state index contributed by atoms with van der Waals surface area (Å²) in [4.78, 5) is 26.1. The smallest absolute Gasteiger partial charge is 0.300 e. The summed E-state index contributed by atoms with van der Waals surface area (Å²) >= 11 is 0. The largest absolute Gasteiger partial charge is 0.481 e. The van der Waals surface area contributed by atoms with Crippen LogP contribution in [0.15, 0.2) is 65.3 Å². The van der Waals surface area contributed by atoms with Crippen molar-refractivity contribution >= 4 is 17.7 Å². The predicted molar refractivity (Wildman–Crippen MR) is 119 cm³/mol. The average molecular weight is 438 g/mol. The summed E-state index contributed by atoms with van der Waals surface area (Å²) in [6.45, 7) is 3.59. The maximum Gasteiger partial charge on any atom is 0.300 e. The maximum atomic E-state index is 12.7. The van der Waals surface area contributed by atoms with Crippen LogP contribution in [0.2, 0.25) is 0 Å². The van der Waals surface area contributed by atoms with Crippen LogP contribution in [-0.2, 0) is 20.9 Å². The number of carboxylic acids is 1. The summed E-state index contributed by atoms with van der Waals surface area (Å²) in [5.74, 6) is -0.689. The molecule has 0 radical (unpaired) electrons. The highest BCUT2D eigenvalue weighted by Gasteiger charge is 2.25. The fraction of sp³-hybridized carbons (Fsp3) is 0.217. The van der Waals surface area contributed by atoms with E-state index in [4.69, 9.17) is 30.2 Å². The fourth-order valence-corrected chi connectivity index (χ4v) is 2.67. The summed E-state index contributed by atoms with van der Waals surface area (Å²) in [6, 6.07) is 16.6. The molecule has 1 aromatic heterocycles. The first-order valence-corrected chi connectivity index (χ1v) is 9.84. The van der Waals surface area contributed by atoms with Gasteiger partial charge in [0.15, 0.2) is 6.10 Å². The van der Waals surface area contributed by atoms with Gasteiger partial charge in [0.1, 0.15) is 17.8 Å². The summed E-state index contributed by atoms with van der Waals surface area (Å²) < 4.78 is 11.1. The number of nitrogens with one attached hydrogen (secondary N) is 2. The lowest BCUT2D eigenvalue weighted by Gasteiger charge is -2.14. The van der Waals surface area contributed by atoms with Gasteiger partial charge >= 0.3 is 0 Å². The second kappa shape index (κ2) is 12.0. The number of amides is 1. The molecule has 3 rings (SSSR count). The number of nitrogens with two attached hydrogens (primary N) is 1. The lowest BCUT2D eigenvalue weighted by Crippen LogP contribution is -2.30. The standard InChI is InChI=1S/C21H22N4O3.C2H4O2/c1-2-27-18(17-13-28-21(25-17)16-6-4-3-5-7-16)20(26)24-12-14-8-10-15(11-9-14)19(22)23;1-2(3)4/h3-11,13,18H,2,12H2,1H3,(H3,22,23)(H,24,26);1H3,(H,3,4). The van der Waals surface area contributed by atoms with Crippen LogP contribution in [0.5, 0.6) is 0 Å². The van der Waals surface area contributed by atoms with Crippen LogP contribution in [0.1, 0.15) is 36.8 Å². The molecule has 1 heterocycles. The van der Waals surface area contributed by atoms with Gasteiger partial charge in [-0.05, 0) is 24.6 Å². The topological polar surface area (TPSA) is 152 Å². The van der Waals surface area contributed by atoms with Crippen molar-refractivity contribution in [1.82, 2.24) is 10.3 Å². The number of carbonyl (C=O) groups excluding carboxylic acids is 1. The number of benzene rings is 2. The number of hydrogen-bond acceptors (Lipinski definition) is 6. The van der Waals surface area contributed by atoms with E-state index in [2.05, 4.69) is 10.3 Å². The molecule has 0 aliphatic carbocycles. The molecule has 0 spiro atoms. The lowest BCUT2D eigenvalue weighted by molar-refractivity contribution is -0.134. The lowest BCUT2D eigenvalue weighted by atomic mass is 10.1. The molecular weight excluding hydrogens is 412 g/mol. The van der Waals surface area contributed by atoms with E-state index in [0.717, 1.165) is 18.1 Å². The van der Waals surface area contributed by atoms with Crippen molar-refractivity contribution in [2.45, 2.75) is 26.5 Å². The van der Waals surface area contributed by atoms with Crippen molar-refractivity contribution in [3.05, 3.63) is 77.7 Å². The number of nitrogen functional groups attached to an aromatic ring is 1. The van der Waals surface area contributed by atoms with Gasteiger partial charge in [0.2, 0.25) is 5.89 Å². The number of carbonyl (C=O) groups is 2. The first-order valence-electron chi connectivity index (χ1n) is 9.84. The molecule has 9 nitrogen and oxygen atoms in total. The van der Waals surface area contributed by atoms with Crippen molar-refractivity contribution < 1.29 is 23.8 Å². The number of ether oxygens (including phenoxy) is 1. The molecule has 0 aliphatic heterocycles. The Kier molecular flexibility index (Phi) is 9.12. The Balaban J connectivity index is 0.000000837. The molecule has 32 heavy (non-hydrogen) atoms. The summed E-state index contributed by atoms with van der Waals surface area (Å²) in [5.41, 5.74) is 8.22. The van der Waals surface area contributed by atoms with Crippen molar-refractivity contribution in [1.29, 1.82) is 5.41 Å². The molecule has 0 saturated carbocycles. The predicted octanol–water partition coefficient (Wildman–Crippen LogP) is 3.11. The van der Waals surface area contributed by atoms with Gasteiger partial charge in [-0.3, -0.25) is 15.0 Å². The van der Waals surface area contributed by atoms with Gasteiger partial charge in [-0.15, -0.1) is 0 Å². The third kappa shape index (κ3) is 7.37. The number of aromatic nitrogens is 1. The molecule has 5 N–H and O–H groups in total. The Labute approximate surface area is 185 Å². The first kappa shape index (κ1) is 24.3. The fourth-order valence-electron chi connectivity index (χ4n) is 2.67. The Hall–Kier alpha value is -3.98. The number of carboxylic acid groups (broad SMARTS) is 1. The Morgan fingerprint density at radius 1 is 1.19 bits per heavy atom. The van der Waals surface area contributed by atoms with Gasteiger partial charge in [-0.1, -0.05) is 42.5 Å². The number of rotatable bonds is 8. The molecule has 2 aromatic carbocycles. The minimum Gasteiger partial charge on any atom is -0.481 e. The van der Waals surface area contributed by atoms with Crippen LogP contribution in [0.4, 0.5) is 0 Å². The van der Waals surface area contributed by atoms with Gasteiger partial charge in [0.25, 0.3) is 11.9 Å². The summed E-state index contributed by atoms with van der Waals surface area (Å²) in [7, 11) is 0. The number of oxazole rings is 1. The summed E-state index contributed by atoms with van der Waals surface area (Å²) in [5, 5.41) is 17.7. The molecule has 1 atom stereocenters. The van der Waals surface area contributed by atoms with Crippen LogP contribution >= 0.6 is 0 Å². The van der Waals surface area contributed by atoms with Crippen LogP contribution < -0.4 is 11.1 Å². The van der Waals surface area contributed by atoms with Gasteiger partial charge in [-0.2, -0.15) is 0 Å². The summed E-state index contributed by atoms with van der Waals surface area (Å²) in [6.07, 6.45) is 0.590. The van der Waals surface area contributed by atoms with E-state index in [9.17, 15) is 4.79 Å². The van der Waals surface area contributed by atoms with Crippen LogP contribution in [-0.4, -0.2) is 34.4 Å². The van der Waals surface area contributed by atoms with Crippen molar-refractivity contribution in [3.63, 3.8) is 0 Å². The molecule has 9 heteroatoms. The third-order valence-electron chi connectivity index (χ3n) is 4.11. The monoisotopic (exact) mass is 438 g/mol. The van der Waals surface area contributed by atoms with E-state index in [1.165, 1.54) is 6.26 Å². The Morgan fingerprint density at radius 2 is 1.81 bits per heavy atom. The van der Waals surface area contributed by atoms with E-state index in [1.54, 1.807) is 12.1 Å². The van der Waals surface area contributed by atoms with E-state index in [0.29, 0.717) is 30.3 Å². The molecule has 0 saturated heterocycles. The van der Waals surface area contributed by atoms with Crippen molar-refractivity contribution in [3.8, 4) is 11.5 Å². The van der Waals surface area contributed by atoms with Gasteiger partial charge in [-0.25, -0.2) is 4.98 Å². The zero-order chi connectivity index (χ0) is 23.5. The Morgan fingerprint density at radius 3 is 2.38 bits per heavy atom. The van der Waals surface area contributed by atoms with Crippen molar-refractivity contribution in [2.24, 2.45) is 5.73 Å². The SMILES string of the molecule is CC(=O)O.CCOC(C(=O)NCc1ccc(C(=N)N)cc1)c1coc(-c2ccccc2)n1. The van der Waals surface area contributed by atoms with E-state index in [-0.39, 0.29) is 11.7 Å². The minimum absolute atomic E-state index is 0.00671. The number of amidine groups is 1. The van der Waals surface area contributed by atoms with Crippen LogP contribution in [0.25, 0.3) is 11.5 Å². The normalized spacial score (nSPS) is 11.1. The number of aliphatic carboxylic acids is 1. The second-order valence-corrected chi connectivity index (χ2v) is 6.63. The zero-order valence-corrected chi connectivity index (χ0v) is 17.9. The van der Waals surface area contributed by atoms with E-state index >= 15 is 0 Å². The number of hydrogen-bond donors (Lipinski definition) is 4. The Bertz CT molecular complexity index is 1030. The molecule has 168 valence electrons. The molecule has 3 aromatic rings. The number of nitrogens with zero attached hydrogens (tertiary/aromatic N) is 1. The van der Waals surface area contributed by atoms with Gasteiger partial charge < -0.3 is 25.3 Å². The van der Waals surface area contributed by atoms with Gasteiger partial charge in [0, 0.05) is 31.2 Å². The molecule has 0 fully saturated rings. The van der Waals surface area contributed by atoms with Crippen LogP contribution in [0, 0.1) is 5.41 Å². The second-order valence-electron chi connectivity index (χ2n) is 6.63. The quantitative estimate of drug-likeness (QED) is 0.311. The minimum atomic E-state index is -0.859. The molecule has 1 unspecified atom stereocenters. The average Bonchev–Trinajstić information content (AvgIpc) is 3.26. The maximum absolute atomic E-state index is 12.7. The molecule has 1 amide bonds. The third-order valence-corrected chi connectivity index (χ3v) is 4.11. The van der Waals surface area contributed by atoms with E-state index in [1.807, 2.05) is 49.4 Å². The highest BCUT2D eigenvalue weighted by Crippen LogP contribution is 2.23. The highest BCUT2D eigenvalue weighted by atomic mass is 16.5.